The monoisotopic (exact) mass is 384 g/mol. The molecule has 0 spiro atoms. The fourth-order valence-electron chi connectivity index (χ4n) is 3.85. The molecule has 1 aliphatic heterocycles. The Bertz CT molecular complexity index is 986. The molecular weight excluding hydrogens is 360 g/mol. The van der Waals surface area contributed by atoms with Gasteiger partial charge in [-0.15, -0.1) is 0 Å². The minimum atomic E-state index is -0.571. The first-order chi connectivity index (χ1) is 14.2. The molecule has 0 saturated carbocycles. The molecule has 4 rings (SSSR count). The van der Waals surface area contributed by atoms with Gasteiger partial charge >= 0.3 is 0 Å². The van der Waals surface area contributed by atoms with Gasteiger partial charge in [0.15, 0.2) is 0 Å². The van der Waals surface area contributed by atoms with Gasteiger partial charge in [-0.3, -0.25) is 9.59 Å². The van der Waals surface area contributed by atoms with Gasteiger partial charge < -0.3 is 10.2 Å². The van der Waals surface area contributed by atoms with Crippen LogP contribution >= 0.6 is 0 Å². The van der Waals surface area contributed by atoms with Crippen LogP contribution in [0.1, 0.15) is 33.1 Å². The van der Waals surface area contributed by atoms with Crippen LogP contribution in [0.25, 0.3) is 0 Å². The van der Waals surface area contributed by atoms with Crippen molar-refractivity contribution >= 4 is 11.8 Å². The van der Waals surface area contributed by atoms with Crippen LogP contribution in [-0.4, -0.2) is 29.8 Å². The zero-order chi connectivity index (χ0) is 20.1. The number of amides is 2. The minimum Gasteiger partial charge on any atom is -0.354 e. The lowest BCUT2D eigenvalue weighted by Gasteiger charge is -2.24. The Labute approximate surface area is 171 Å². The summed E-state index contributed by atoms with van der Waals surface area (Å²) in [5.74, 6) is -0.188. The second kappa shape index (κ2) is 8.74. The maximum absolute atomic E-state index is 13.1. The summed E-state index contributed by atoms with van der Waals surface area (Å²) < 4.78 is 0. The molecule has 2 amide bonds. The second-order valence-electron chi connectivity index (χ2n) is 7.25. The van der Waals surface area contributed by atoms with Crippen LogP contribution < -0.4 is 5.32 Å². The van der Waals surface area contributed by atoms with Gasteiger partial charge in [0.25, 0.3) is 5.91 Å². The molecule has 4 nitrogen and oxygen atoms in total. The molecule has 3 aromatic carbocycles. The highest BCUT2D eigenvalue weighted by Gasteiger charge is 2.40. The molecule has 0 aliphatic carbocycles. The Balaban J connectivity index is 1.47. The van der Waals surface area contributed by atoms with Crippen molar-refractivity contribution in [1.29, 1.82) is 0 Å². The maximum atomic E-state index is 13.1. The lowest BCUT2D eigenvalue weighted by atomic mass is 10.0. The summed E-state index contributed by atoms with van der Waals surface area (Å²) in [6.45, 7) is 1.05. The van der Waals surface area contributed by atoms with Gasteiger partial charge in [0.05, 0.1) is 0 Å². The number of carbonyl (C=O) groups is 2. The summed E-state index contributed by atoms with van der Waals surface area (Å²) in [6, 6.07) is 27.0. The van der Waals surface area contributed by atoms with E-state index >= 15 is 0 Å². The molecule has 1 N–H and O–H groups in total. The van der Waals surface area contributed by atoms with Gasteiger partial charge in [-0.25, -0.2) is 0 Å². The molecule has 146 valence electrons. The Morgan fingerprint density at radius 1 is 0.793 bits per heavy atom. The molecule has 1 heterocycles. The van der Waals surface area contributed by atoms with Crippen molar-refractivity contribution in [2.45, 2.75) is 18.9 Å². The second-order valence-corrected chi connectivity index (χ2v) is 7.25. The largest absolute Gasteiger partial charge is 0.354 e. The molecule has 0 radical (unpaired) electrons. The summed E-state index contributed by atoms with van der Waals surface area (Å²) in [4.78, 5) is 27.7. The molecule has 29 heavy (non-hydrogen) atoms. The van der Waals surface area contributed by atoms with Crippen LogP contribution in [-0.2, 0) is 17.6 Å². The summed E-state index contributed by atoms with van der Waals surface area (Å²) in [5.41, 5.74) is 3.75. The van der Waals surface area contributed by atoms with Gasteiger partial charge in [0.1, 0.15) is 6.04 Å². The first-order valence-corrected chi connectivity index (χ1v) is 9.99. The molecule has 3 aromatic rings. The van der Waals surface area contributed by atoms with E-state index in [0.717, 1.165) is 17.5 Å². The number of rotatable bonds is 7. The van der Waals surface area contributed by atoms with Gasteiger partial charge in [0.2, 0.25) is 5.91 Å². The lowest BCUT2D eigenvalue weighted by Crippen LogP contribution is -2.40. The van der Waals surface area contributed by atoms with Gasteiger partial charge in [-0.2, -0.15) is 0 Å². The van der Waals surface area contributed by atoms with Crippen LogP contribution in [0.3, 0.4) is 0 Å². The average Bonchev–Trinajstić information content (AvgIpc) is 3.05. The van der Waals surface area contributed by atoms with Gasteiger partial charge in [-0.1, -0.05) is 78.9 Å². The molecule has 0 aromatic heterocycles. The van der Waals surface area contributed by atoms with E-state index < -0.39 is 6.04 Å². The fourth-order valence-corrected chi connectivity index (χ4v) is 3.85. The average molecular weight is 384 g/mol. The molecule has 0 bridgehead atoms. The Hall–Kier alpha value is -3.40. The van der Waals surface area contributed by atoms with E-state index in [9.17, 15) is 9.59 Å². The van der Waals surface area contributed by atoms with Crippen molar-refractivity contribution in [2.75, 3.05) is 13.1 Å². The van der Waals surface area contributed by atoms with Crippen molar-refractivity contribution in [1.82, 2.24) is 10.2 Å². The molecular formula is C25H24N2O2. The standard InChI is InChI=1S/C25H24N2O2/c28-24(26-17-15-19-9-3-1-4-10-19)23-21-13-7-8-14-22(21)25(29)27(23)18-16-20-11-5-2-6-12-20/h1-14,23H,15-18H2,(H,26,28)/t23-/m0/s1. The zero-order valence-electron chi connectivity index (χ0n) is 16.3. The summed E-state index contributed by atoms with van der Waals surface area (Å²) >= 11 is 0. The molecule has 1 aliphatic rings. The van der Waals surface area contributed by atoms with E-state index in [0.29, 0.717) is 25.1 Å². The predicted molar refractivity (Wildman–Crippen MR) is 114 cm³/mol. The molecule has 0 unspecified atom stereocenters. The molecule has 1 atom stereocenters. The fraction of sp³-hybridized carbons (Fsp3) is 0.200. The van der Waals surface area contributed by atoms with Crippen LogP contribution in [0.15, 0.2) is 84.9 Å². The van der Waals surface area contributed by atoms with Crippen LogP contribution in [0.4, 0.5) is 0 Å². The number of benzene rings is 3. The smallest absolute Gasteiger partial charge is 0.255 e. The third-order valence-corrected chi connectivity index (χ3v) is 5.35. The van der Waals surface area contributed by atoms with Crippen LogP contribution in [0.5, 0.6) is 0 Å². The normalized spacial score (nSPS) is 15.2. The predicted octanol–water partition coefficient (Wildman–Crippen LogP) is 3.79. The van der Waals surface area contributed by atoms with E-state index in [-0.39, 0.29) is 11.8 Å². The SMILES string of the molecule is O=C(NCCc1ccccc1)[C@@H]1c2ccccc2C(=O)N1CCc1ccccc1. The highest BCUT2D eigenvalue weighted by Crippen LogP contribution is 2.33. The van der Waals surface area contributed by atoms with E-state index in [1.807, 2.05) is 84.9 Å². The van der Waals surface area contributed by atoms with E-state index in [4.69, 9.17) is 0 Å². The minimum absolute atomic E-state index is 0.0697. The third-order valence-electron chi connectivity index (χ3n) is 5.35. The Morgan fingerprint density at radius 2 is 1.38 bits per heavy atom. The number of fused-ring (bicyclic) bond motifs is 1. The van der Waals surface area contributed by atoms with Crippen LogP contribution in [0, 0.1) is 0 Å². The van der Waals surface area contributed by atoms with Crippen molar-refractivity contribution < 1.29 is 9.59 Å². The maximum Gasteiger partial charge on any atom is 0.255 e. The van der Waals surface area contributed by atoms with Crippen LogP contribution in [0.2, 0.25) is 0 Å². The topological polar surface area (TPSA) is 49.4 Å². The van der Waals surface area contributed by atoms with Crippen molar-refractivity contribution in [3.63, 3.8) is 0 Å². The third kappa shape index (κ3) is 4.21. The summed E-state index contributed by atoms with van der Waals surface area (Å²) in [6.07, 6.45) is 1.48. The number of nitrogens with one attached hydrogen (secondary N) is 1. The lowest BCUT2D eigenvalue weighted by molar-refractivity contribution is -0.125. The molecule has 0 fully saturated rings. The van der Waals surface area contributed by atoms with E-state index in [1.54, 1.807) is 4.90 Å². The number of hydrogen-bond acceptors (Lipinski definition) is 2. The van der Waals surface area contributed by atoms with Crippen molar-refractivity contribution in [3.05, 3.63) is 107 Å². The van der Waals surface area contributed by atoms with Gasteiger partial charge in [-0.05, 0) is 35.6 Å². The highest BCUT2D eigenvalue weighted by molar-refractivity contribution is 6.04. The van der Waals surface area contributed by atoms with Gasteiger partial charge in [0, 0.05) is 18.7 Å². The zero-order valence-corrected chi connectivity index (χ0v) is 16.3. The number of hydrogen-bond donors (Lipinski definition) is 1. The number of carbonyl (C=O) groups excluding carboxylic acids is 2. The van der Waals surface area contributed by atoms with Crippen molar-refractivity contribution in [2.24, 2.45) is 0 Å². The quantitative estimate of drug-likeness (QED) is 0.674. The van der Waals surface area contributed by atoms with E-state index in [2.05, 4.69) is 5.32 Å². The Morgan fingerprint density at radius 3 is 2.07 bits per heavy atom. The van der Waals surface area contributed by atoms with E-state index in [1.165, 1.54) is 5.56 Å². The molecule has 4 heteroatoms. The summed E-state index contributed by atoms with van der Waals surface area (Å²) in [5, 5.41) is 3.03. The highest BCUT2D eigenvalue weighted by atomic mass is 16.2. The molecule has 0 saturated heterocycles. The Kier molecular flexibility index (Phi) is 5.71. The number of nitrogens with zero attached hydrogens (tertiary/aromatic N) is 1. The first-order valence-electron chi connectivity index (χ1n) is 9.99. The summed E-state index contributed by atoms with van der Waals surface area (Å²) in [7, 11) is 0. The first kappa shape index (κ1) is 18.9. The van der Waals surface area contributed by atoms with Crippen molar-refractivity contribution in [3.8, 4) is 0 Å².